The number of aliphatic imine (C=N–C) groups is 1. The molecule has 0 amide bonds. The van der Waals surface area contributed by atoms with Gasteiger partial charge in [-0.15, -0.1) is 0 Å². The molecule has 1 unspecified atom stereocenters. The van der Waals surface area contributed by atoms with Crippen LogP contribution in [0.15, 0.2) is 35.3 Å². The van der Waals surface area contributed by atoms with Crippen LogP contribution < -0.4 is 10.1 Å². The first-order chi connectivity index (χ1) is 9.79. The summed E-state index contributed by atoms with van der Waals surface area (Å²) in [5.41, 5.74) is 0. The van der Waals surface area contributed by atoms with Crippen LogP contribution in [0, 0.1) is 0 Å². The number of rotatable bonds is 5. The van der Waals surface area contributed by atoms with Crippen molar-refractivity contribution < 1.29 is 4.74 Å². The van der Waals surface area contributed by atoms with Crippen molar-refractivity contribution >= 4 is 5.96 Å². The van der Waals surface area contributed by atoms with Gasteiger partial charge in [0.1, 0.15) is 11.9 Å². The van der Waals surface area contributed by atoms with E-state index in [0.29, 0.717) is 6.54 Å². The molecule has 1 fully saturated rings. The van der Waals surface area contributed by atoms with Gasteiger partial charge >= 0.3 is 0 Å². The highest BCUT2D eigenvalue weighted by Crippen LogP contribution is 2.11. The first kappa shape index (κ1) is 14.7. The number of benzene rings is 1. The minimum absolute atomic E-state index is 0.0775. The highest BCUT2D eigenvalue weighted by molar-refractivity contribution is 5.80. The van der Waals surface area contributed by atoms with Crippen molar-refractivity contribution in [1.82, 2.24) is 10.2 Å². The summed E-state index contributed by atoms with van der Waals surface area (Å²) >= 11 is 0. The Morgan fingerprint density at radius 3 is 2.65 bits per heavy atom. The van der Waals surface area contributed by atoms with Crippen molar-refractivity contribution in [2.24, 2.45) is 4.99 Å². The molecule has 110 valence electrons. The number of ether oxygens (including phenoxy) is 1. The maximum absolute atomic E-state index is 5.85. The Balaban J connectivity index is 1.87. The molecule has 1 aromatic carbocycles. The molecule has 1 heterocycles. The fourth-order valence-corrected chi connectivity index (χ4v) is 2.34. The minimum atomic E-state index is 0.0775. The van der Waals surface area contributed by atoms with E-state index < -0.39 is 0 Å². The molecule has 0 aliphatic carbocycles. The number of hydrogen-bond donors (Lipinski definition) is 1. The molecule has 2 rings (SSSR count). The second-order valence-corrected chi connectivity index (χ2v) is 5.13. The molecule has 0 radical (unpaired) electrons. The first-order valence-electron chi connectivity index (χ1n) is 7.54. The molecule has 1 atom stereocenters. The van der Waals surface area contributed by atoms with Gasteiger partial charge < -0.3 is 15.0 Å². The molecular formula is C16H25N3O. The van der Waals surface area contributed by atoms with E-state index in [1.165, 1.54) is 12.8 Å². The van der Waals surface area contributed by atoms with Crippen LogP contribution in [-0.2, 0) is 0 Å². The summed E-state index contributed by atoms with van der Waals surface area (Å²) in [7, 11) is 0. The summed E-state index contributed by atoms with van der Waals surface area (Å²) in [4.78, 5) is 7.03. The van der Waals surface area contributed by atoms with Crippen LogP contribution in [0.25, 0.3) is 0 Å². The van der Waals surface area contributed by atoms with Gasteiger partial charge in [-0.05, 0) is 38.8 Å². The standard InChI is InChI=1S/C16H25N3O/c1-3-17-16(19-11-7-8-12-19)18-13-14(2)20-15-9-5-4-6-10-15/h4-6,9-10,14H,3,7-8,11-13H2,1-2H3,(H,17,18). The average Bonchev–Trinajstić information content (AvgIpc) is 2.98. The van der Waals surface area contributed by atoms with Crippen LogP contribution in [0.3, 0.4) is 0 Å². The molecule has 20 heavy (non-hydrogen) atoms. The van der Waals surface area contributed by atoms with E-state index in [2.05, 4.69) is 24.1 Å². The zero-order valence-corrected chi connectivity index (χ0v) is 12.5. The molecule has 4 heteroatoms. The zero-order valence-electron chi connectivity index (χ0n) is 12.5. The molecular weight excluding hydrogens is 250 g/mol. The number of likely N-dealkylation sites (tertiary alicyclic amines) is 1. The van der Waals surface area contributed by atoms with Crippen LogP contribution in [0.5, 0.6) is 5.75 Å². The molecule has 0 spiro atoms. The van der Waals surface area contributed by atoms with E-state index in [1.807, 2.05) is 30.3 Å². The molecule has 0 saturated carbocycles. The zero-order chi connectivity index (χ0) is 14.2. The second-order valence-electron chi connectivity index (χ2n) is 5.13. The Morgan fingerprint density at radius 1 is 1.30 bits per heavy atom. The van der Waals surface area contributed by atoms with E-state index in [0.717, 1.165) is 31.3 Å². The van der Waals surface area contributed by atoms with Crippen molar-refractivity contribution in [2.45, 2.75) is 32.8 Å². The summed E-state index contributed by atoms with van der Waals surface area (Å²) in [5.74, 6) is 1.93. The third-order valence-electron chi connectivity index (χ3n) is 3.32. The van der Waals surface area contributed by atoms with Crippen LogP contribution in [-0.4, -0.2) is 43.1 Å². The van der Waals surface area contributed by atoms with Crippen molar-refractivity contribution in [3.63, 3.8) is 0 Å². The quantitative estimate of drug-likeness (QED) is 0.662. The van der Waals surface area contributed by atoms with Gasteiger partial charge in [0.05, 0.1) is 6.54 Å². The Kier molecular flexibility index (Phi) is 5.71. The Bertz CT molecular complexity index is 413. The predicted octanol–water partition coefficient (Wildman–Crippen LogP) is 2.52. The smallest absolute Gasteiger partial charge is 0.194 e. The monoisotopic (exact) mass is 275 g/mol. The number of nitrogens with one attached hydrogen (secondary N) is 1. The summed E-state index contributed by atoms with van der Waals surface area (Å²) in [6.45, 7) is 7.97. The molecule has 4 nitrogen and oxygen atoms in total. The number of nitrogens with zero attached hydrogens (tertiary/aromatic N) is 2. The molecule has 1 N–H and O–H groups in total. The minimum Gasteiger partial charge on any atom is -0.489 e. The van der Waals surface area contributed by atoms with Gasteiger partial charge in [0.25, 0.3) is 0 Å². The number of guanidine groups is 1. The van der Waals surface area contributed by atoms with E-state index in [1.54, 1.807) is 0 Å². The number of para-hydroxylation sites is 1. The SMILES string of the molecule is CCNC(=NCC(C)Oc1ccccc1)N1CCCC1. The molecule has 1 aliphatic heterocycles. The predicted molar refractivity (Wildman–Crippen MR) is 83.3 cm³/mol. The summed E-state index contributed by atoms with van der Waals surface area (Å²) in [5, 5.41) is 3.36. The summed E-state index contributed by atoms with van der Waals surface area (Å²) < 4.78 is 5.85. The van der Waals surface area contributed by atoms with Crippen LogP contribution in [0.4, 0.5) is 0 Å². The average molecular weight is 275 g/mol. The molecule has 0 aromatic heterocycles. The van der Waals surface area contributed by atoms with Crippen molar-refractivity contribution in [2.75, 3.05) is 26.2 Å². The number of hydrogen-bond acceptors (Lipinski definition) is 2. The lowest BCUT2D eigenvalue weighted by atomic mass is 10.3. The molecule has 1 saturated heterocycles. The fourth-order valence-electron chi connectivity index (χ4n) is 2.34. The van der Waals surface area contributed by atoms with Crippen LogP contribution >= 0.6 is 0 Å². The van der Waals surface area contributed by atoms with Crippen LogP contribution in [0.1, 0.15) is 26.7 Å². The van der Waals surface area contributed by atoms with E-state index in [9.17, 15) is 0 Å². The van der Waals surface area contributed by atoms with Gasteiger partial charge in [0, 0.05) is 19.6 Å². The maximum atomic E-state index is 5.85. The van der Waals surface area contributed by atoms with Gasteiger partial charge in [0.2, 0.25) is 0 Å². The van der Waals surface area contributed by atoms with E-state index >= 15 is 0 Å². The van der Waals surface area contributed by atoms with Crippen molar-refractivity contribution in [3.05, 3.63) is 30.3 Å². The lowest BCUT2D eigenvalue weighted by molar-refractivity contribution is 0.229. The van der Waals surface area contributed by atoms with Gasteiger partial charge in [-0.3, -0.25) is 0 Å². The van der Waals surface area contributed by atoms with Gasteiger partial charge in [-0.1, -0.05) is 18.2 Å². The second kappa shape index (κ2) is 7.78. The van der Waals surface area contributed by atoms with Crippen molar-refractivity contribution in [1.29, 1.82) is 0 Å². The highest BCUT2D eigenvalue weighted by atomic mass is 16.5. The topological polar surface area (TPSA) is 36.9 Å². The summed E-state index contributed by atoms with van der Waals surface area (Å²) in [6, 6.07) is 9.92. The van der Waals surface area contributed by atoms with Crippen molar-refractivity contribution in [3.8, 4) is 5.75 Å². The fraction of sp³-hybridized carbons (Fsp3) is 0.562. The normalized spacial score (nSPS) is 17.1. The Morgan fingerprint density at radius 2 is 2.00 bits per heavy atom. The third-order valence-corrected chi connectivity index (χ3v) is 3.32. The summed E-state index contributed by atoms with van der Waals surface area (Å²) in [6.07, 6.45) is 2.61. The van der Waals surface area contributed by atoms with Gasteiger partial charge in [0.15, 0.2) is 5.96 Å². The first-order valence-corrected chi connectivity index (χ1v) is 7.54. The Hall–Kier alpha value is -1.71. The lowest BCUT2D eigenvalue weighted by Gasteiger charge is -2.21. The molecule has 1 aromatic rings. The largest absolute Gasteiger partial charge is 0.489 e. The van der Waals surface area contributed by atoms with Crippen LogP contribution in [0.2, 0.25) is 0 Å². The molecule has 1 aliphatic rings. The Labute approximate surface area is 121 Å². The van der Waals surface area contributed by atoms with Gasteiger partial charge in [-0.25, -0.2) is 4.99 Å². The van der Waals surface area contributed by atoms with Gasteiger partial charge in [-0.2, -0.15) is 0 Å². The highest BCUT2D eigenvalue weighted by Gasteiger charge is 2.15. The maximum Gasteiger partial charge on any atom is 0.194 e. The third kappa shape index (κ3) is 4.44. The molecule has 0 bridgehead atoms. The van der Waals surface area contributed by atoms with E-state index in [-0.39, 0.29) is 6.10 Å². The lowest BCUT2D eigenvalue weighted by Crippen LogP contribution is -2.40. The van der Waals surface area contributed by atoms with E-state index in [4.69, 9.17) is 9.73 Å².